The average Bonchev–Trinajstić information content (AvgIpc) is 3.01. The summed E-state index contributed by atoms with van der Waals surface area (Å²) in [5.74, 6) is 1.47. The fourth-order valence-electron chi connectivity index (χ4n) is 2.63. The van der Waals surface area contributed by atoms with Crippen molar-refractivity contribution in [1.82, 2.24) is 10.1 Å². The van der Waals surface area contributed by atoms with Crippen LogP contribution in [0.15, 0.2) is 47.0 Å². The second-order valence-corrected chi connectivity index (χ2v) is 5.37. The maximum Gasteiger partial charge on any atom is 0.151 e. The van der Waals surface area contributed by atoms with Gasteiger partial charge in [-0.3, -0.25) is 4.90 Å². The highest BCUT2D eigenvalue weighted by Gasteiger charge is 2.15. The van der Waals surface area contributed by atoms with E-state index in [1.54, 1.807) is 7.11 Å². The van der Waals surface area contributed by atoms with Gasteiger partial charge in [-0.15, -0.1) is 0 Å². The summed E-state index contributed by atoms with van der Waals surface area (Å²) in [7, 11) is 3.51. The zero-order valence-electron chi connectivity index (χ0n) is 13.1. The SMILES string of the molecule is COc1ccc2ccccc2c1-c1cc(CN(C)CC#N)on1. The summed E-state index contributed by atoms with van der Waals surface area (Å²) < 4.78 is 10.9. The lowest BCUT2D eigenvalue weighted by molar-refractivity contribution is 0.294. The van der Waals surface area contributed by atoms with E-state index >= 15 is 0 Å². The normalized spacial score (nSPS) is 10.9. The van der Waals surface area contributed by atoms with Crippen molar-refractivity contribution in [3.63, 3.8) is 0 Å². The smallest absolute Gasteiger partial charge is 0.151 e. The first-order valence-corrected chi connectivity index (χ1v) is 7.30. The molecule has 0 radical (unpaired) electrons. The largest absolute Gasteiger partial charge is 0.496 e. The van der Waals surface area contributed by atoms with Crippen molar-refractivity contribution in [2.45, 2.75) is 6.54 Å². The summed E-state index contributed by atoms with van der Waals surface area (Å²) in [6.45, 7) is 0.876. The number of nitriles is 1. The summed E-state index contributed by atoms with van der Waals surface area (Å²) in [5, 5.41) is 15.1. The fraction of sp³-hybridized carbons (Fsp3) is 0.222. The third-order valence-corrected chi connectivity index (χ3v) is 3.69. The fourth-order valence-corrected chi connectivity index (χ4v) is 2.63. The highest BCUT2D eigenvalue weighted by atomic mass is 16.5. The highest BCUT2D eigenvalue weighted by Crippen LogP contribution is 2.36. The lowest BCUT2D eigenvalue weighted by Crippen LogP contribution is -2.17. The van der Waals surface area contributed by atoms with Crippen LogP contribution in [0.5, 0.6) is 5.75 Å². The number of nitrogens with zero attached hydrogens (tertiary/aromatic N) is 3. The molecule has 3 rings (SSSR count). The van der Waals surface area contributed by atoms with Crippen LogP contribution in [0.25, 0.3) is 22.0 Å². The van der Waals surface area contributed by atoms with Gasteiger partial charge < -0.3 is 9.26 Å². The van der Waals surface area contributed by atoms with Crippen LogP contribution in [-0.4, -0.2) is 30.8 Å². The van der Waals surface area contributed by atoms with E-state index in [4.69, 9.17) is 14.5 Å². The number of fused-ring (bicyclic) bond motifs is 1. The van der Waals surface area contributed by atoms with Crippen LogP contribution < -0.4 is 4.74 Å². The molecule has 1 heterocycles. The van der Waals surface area contributed by atoms with E-state index in [1.807, 2.05) is 48.3 Å². The van der Waals surface area contributed by atoms with Gasteiger partial charge in [0.15, 0.2) is 5.76 Å². The third kappa shape index (κ3) is 3.03. The lowest BCUT2D eigenvalue weighted by atomic mass is 10.0. The van der Waals surface area contributed by atoms with Gasteiger partial charge in [0.25, 0.3) is 0 Å². The summed E-state index contributed by atoms with van der Waals surface area (Å²) in [4.78, 5) is 1.87. The molecule has 0 amide bonds. The summed E-state index contributed by atoms with van der Waals surface area (Å²) in [5.41, 5.74) is 1.66. The van der Waals surface area contributed by atoms with Crippen molar-refractivity contribution in [2.75, 3.05) is 20.7 Å². The molecule has 3 aromatic rings. The molecule has 23 heavy (non-hydrogen) atoms. The second kappa shape index (κ2) is 6.51. The van der Waals surface area contributed by atoms with Crippen LogP contribution >= 0.6 is 0 Å². The van der Waals surface area contributed by atoms with Crippen molar-refractivity contribution in [3.8, 4) is 23.1 Å². The molecule has 1 aromatic heterocycles. The van der Waals surface area contributed by atoms with Crippen LogP contribution in [-0.2, 0) is 6.54 Å². The minimum atomic E-state index is 0.341. The van der Waals surface area contributed by atoms with Crippen LogP contribution in [0.2, 0.25) is 0 Å². The monoisotopic (exact) mass is 307 g/mol. The molecule has 0 aliphatic carbocycles. The van der Waals surface area contributed by atoms with Gasteiger partial charge in [0.2, 0.25) is 0 Å². The highest BCUT2D eigenvalue weighted by molar-refractivity contribution is 5.98. The zero-order valence-corrected chi connectivity index (χ0v) is 13.1. The van der Waals surface area contributed by atoms with Crippen molar-refractivity contribution in [1.29, 1.82) is 5.26 Å². The van der Waals surface area contributed by atoms with E-state index in [-0.39, 0.29) is 0 Å². The molecule has 0 saturated carbocycles. The van der Waals surface area contributed by atoms with E-state index in [0.29, 0.717) is 18.8 Å². The molecule has 0 unspecified atom stereocenters. The van der Waals surface area contributed by atoms with Crippen molar-refractivity contribution >= 4 is 10.8 Å². The minimum Gasteiger partial charge on any atom is -0.496 e. The van der Waals surface area contributed by atoms with Gasteiger partial charge in [0.1, 0.15) is 11.4 Å². The predicted molar refractivity (Wildman–Crippen MR) is 87.9 cm³/mol. The Morgan fingerprint density at radius 3 is 2.87 bits per heavy atom. The Morgan fingerprint density at radius 1 is 1.26 bits per heavy atom. The number of ether oxygens (including phenoxy) is 1. The molecular formula is C18H17N3O2. The maximum atomic E-state index is 8.73. The first-order chi connectivity index (χ1) is 11.2. The van der Waals surface area contributed by atoms with E-state index in [2.05, 4.69) is 17.3 Å². The van der Waals surface area contributed by atoms with Crippen molar-refractivity contribution in [2.24, 2.45) is 0 Å². The predicted octanol–water partition coefficient (Wildman–Crippen LogP) is 3.46. The number of rotatable bonds is 5. The van der Waals surface area contributed by atoms with Gasteiger partial charge in [0, 0.05) is 6.07 Å². The Morgan fingerprint density at radius 2 is 2.09 bits per heavy atom. The molecule has 0 spiro atoms. The topological polar surface area (TPSA) is 62.3 Å². The number of hydrogen-bond donors (Lipinski definition) is 0. The number of aromatic nitrogens is 1. The molecule has 0 aliphatic heterocycles. The van der Waals surface area contributed by atoms with Crippen LogP contribution in [0.3, 0.4) is 0 Å². The Labute approximate surface area is 134 Å². The van der Waals surface area contributed by atoms with Gasteiger partial charge in [-0.25, -0.2) is 0 Å². The Kier molecular flexibility index (Phi) is 4.26. The molecule has 0 N–H and O–H groups in total. The van der Waals surface area contributed by atoms with Crippen LogP contribution in [0.1, 0.15) is 5.76 Å². The number of benzene rings is 2. The Hall–Kier alpha value is -2.84. The van der Waals surface area contributed by atoms with Gasteiger partial charge in [0.05, 0.1) is 31.8 Å². The average molecular weight is 307 g/mol. The standard InChI is InChI=1S/C18H17N3O2/c1-21(10-9-19)12-14-11-16(20-23-14)18-15-6-4-3-5-13(15)7-8-17(18)22-2/h3-8,11H,10,12H2,1-2H3. The van der Waals surface area contributed by atoms with Crippen molar-refractivity contribution in [3.05, 3.63) is 48.2 Å². The first kappa shape index (κ1) is 15.1. The summed E-state index contributed by atoms with van der Waals surface area (Å²) in [6.07, 6.45) is 0. The van der Waals surface area contributed by atoms with Crippen molar-refractivity contribution < 1.29 is 9.26 Å². The van der Waals surface area contributed by atoms with Gasteiger partial charge in [-0.05, 0) is 23.9 Å². The lowest BCUT2D eigenvalue weighted by Gasteiger charge is -2.09. The quantitative estimate of drug-likeness (QED) is 0.675. The molecule has 0 aliphatic rings. The minimum absolute atomic E-state index is 0.341. The Balaban J connectivity index is 2.03. The molecule has 0 atom stereocenters. The van der Waals surface area contributed by atoms with E-state index < -0.39 is 0 Å². The molecule has 0 bridgehead atoms. The molecule has 116 valence electrons. The summed E-state index contributed by atoms with van der Waals surface area (Å²) in [6, 6.07) is 16.1. The third-order valence-electron chi connectivity index (χ3n) is 3.69. The molecule has 5 nitrogen and oxygen atoms in total. The van der Waals surface area contributed by atoms with Gasteiger partial charge in [-0.2, -0.15) is 5.26 Å². The van der Waals surface area contributed by atoms with Gasteiger partial charge in [-0.1, -0.05) is 35.5 Å². The molecule has 2 aromatic carbocycles. The van der Waals surface area contributed by atoms with Crippen LogP contribution in [0.4, 0.5) is 0 Å². The summed E-state index contributed by atoms with van der Waals surface area (Å²) >= 11 is 0. The molecule has 0 fully saturated rings. The van der Waals surface area contributed by atoms with Gasteiger partial charge >= 0.3 is 0 Å². The molecule has 5 heteroatoms. The van der Waals surface area contributed by atoms with Crippen LogP contribution in [0, 0.1) is 11.3 Å². The first-order valence-electron chi connectivity index (χ1n) is 7.30. The zero-order chi connectivity index (χ0) is 16.2. The number of methoxy groups -OCH3 is 1. The second-order valence-electron chi connectivity index (χ2n) is 5.37. The van der Waals surface area contributed by atoms with E-state index in [9.17, 15) is 0 Å². The van der Waals surface area contributed by atoms with E-state index in [1.165, 1.54) is 0 Å². The Bertz CT molecular complexity index is 864. The van der Waals surface area contributed by atoms with E-state index in [0.717, 1.165) is 27.8 Å². The number of hydrogen-bond acceptors (Lipinski definition) is 5. The molecular weight excluding hydrogens is 290 g/mol. The maximum absolute atomic E-state index is 8.73. The molecule has 0 saturated heterocycles.